The van der Waals surface area contributed by atoms with Crippen molar-refractivity contribution in [2.45, 2.75) is 19.4 Å². The lowest BCUT2D eigenvalue weighted by Gasteiger charge is -2.30. The molecule has 1 saturated heterocycles. The van der Waals surface area contributed by atoms with Gasteiger partial charge in [-0.1, -0.05) is 60.7 Å². The van der Waals surface area contributed by atoms with Gasteiger partial charge in [0.25, 0.3) is 5.91 Å². The maximum Gasteiger partial charge on any atom is 0.265 e. The van der Waals surface area contributed by atoms with E-state index in [9.17, 15) is 13.2 Å². The van der Waals surface area contributed by atoms with E-state index in [2.05, 4.69) is 5.32 Å². The molecule has 1 aliphatic rings. The zero-order valence-electron chi connectivity index (χ0n) is 18.6. The highest BCUT2D eigenvalue weighted by Gasteiger charge is 2.26. The Bertz CT molecular complexity index is 1170. The standard InChI is InChI=1S/C25H28N2O4S2/c1-33(29,30)27-14-12-19(13-15-27)17-26-25(28)24-22(31-18-20-8-4-2-5-9-20)16-23(32-24)21-10-6-3-7-11-21/h2-11,16,19H,12-15,17-18H2,1H3,(H,26,28). The minimum absolute atomic E-state index is 0.157. The molecule has 0 spiro atoms. The number of ether oxygens (including phenoxy) is 1. The van der Waals surface area contributed by atoms with Crippen molar-refractivity contribution in [1.29, 1.82) is 0 Å². The van der Waals surface area contributed by atoms with Crippen molar-refractivity contribution in [3.63, 3.8) is 0 Å². The van der Waals surface area contributed by atoms with E-state index >= 15 is 0 Å². The van der Waals surface area contributed by atoms with Gasteiger partial charge in [-0.15, -0.1) is 11.3 Å². The number of carbonyl (C=O) groups excluding carboxylic acids is 1. The van der Waals surface area contributed by atoms with Crippen molar-refractivity contribution >= 4 is 27.3 Å². The van der Waals surface area contributed by atoms with Gasteiger partial charge in [0.15, 0.2) is 0 Å². The molecule has 1 aliphatic heterocycles. The van der Waals surface area contributed by atoms with Gasteiger partial charge in [0.05, 0.1) is 6.26 Å². The summed E-state index contributed by atoms with van der Waals surface area (Å²) in [7, 11) is -3.15. The minimum Gasteiger partial charge on any atom is -0.487 e. The Morgan fingerprint density at radius 3 is 2.33 bits per heavy atom. The maximum absolute atomic E-state index is 13.1. The van der Waals surface area contributed by atoms with E-state index in [1.807, 2.05) is 66.7 Å². The van der Waals surface area contributed by atoms with Crippen LogP contribution in [0.1, 0.15) is 28.1 Å². The van der Waals surface area contributed by atoms with Crippen molar-refractivity contribution in [1.82, 2.24) is 9.62 Å². The van der Waals surface area contributed by atoms with Crippen LogP contribution < -0.4 is 10.1 Å². The van der Waals surface area contributed by atoms with Gasteiger partial charge in [-0.25, -0.2) is 12.7 Å². The first-order valence-electron chi connectivity index (χ1n) is 11.0. The van der Waals surface area contributed by atoms with Crippen molar-refractivity contribution in [3.05, 3.63) is 77.2 Å². The van der Waals surface area contributed by atoms with E-state index < -0.39 is 10.0 Å². The SMILES string of the molecule is CS(=O)(=O)N1CCC(CNC(=O)c2sc(-c3ccccc3)cc2OCc2ccccc2)CC1. The van der Waals surface area contributed by atoms with Crippen LogP contribution in [0, 0.1) is 5.92 Å². The highest BCUT2D eigenvalue weighted by Crippen LogP contribution is 2.36. The number of hydrogen-bond donors (Lipinski definition) is 1. The summed E-state index contributed by atoms with van der Waals surface area (Å²) < 4.78 is 31.0. The molecule has 174 valence electrons. The molecular weight excluding hydrogens is 456 g/mol. The number of rotatable bonds is 8. The van der Waals surface area contributed by atoms with Crippen LogP contribution in [0.3, 0.4) is 0 Å². The third-order valence-electron chi connectivity index (χ3n) is 5.79. The molecule has 1 N–H and O–H groups in total. The zero-order chi connectivity index (χ0) is 23.3. The Morgan fingerprint density at radius 1 is 1.06 bits per heavy atom. The number of nitrogens with zero attached hydrogens (tertiary/aromatic N) is 1. The summed E-state index contributed by atoms with van der Waals surface area (Å²) in [4.78, 5) is 14.6. The van der Waals surface area contributed by atoms with E-state index in [-0.39, 0.29) is 11.8 Å². The van der Waals surface area contributed by atoms with Gasteiger partial charge in [-0.3, -0.25) is 4.79 Å². The summed E-state index contributed by atoms with van der Waals surface area (Å²) >= 11 is 1.42. The predicted molar refractivity (Wildman–Crippen MR) is 132 cm³/mol. The third-order valence-corrected chi connectivity index (χ3v) is 8.26. The molecule has 1 aromatic heterocycles. The molecule has 0 bridgehead atoms. The lowest BCUT2D eigenvalue weighted by atomic mass is 9.98. The summed E-state index contributed by atoms with van der Waals surface area (Å²) in [6.07, 6.45) is 2.72. The van der Waals surface area contributed by atoms with Crippen LogP contribution in [-0.2, 0) is 16.6 Å². The van der Waals surface area contributed by atoms with Crippen LogP contribution in [0.15, 0.2) is 66.7 Å². The lowest BCUT2D eigenvalue weighted by molar-refractivity contribution is 0.0941. The molecule has 3 aromatic rings. The summed E-state index contributed by atoms with van der Waals surface area (Å²) in [5.74, 6) is 0.678. The van der Waals surface area contributed by atoms with E-state index in [0.717, 1.165) is 28.8 Å². The number of hydrogen-bond acceptors (Lipinski definition) is 5. The fraction of sp³-hybridized carbons (Fsp3) is 0.320. The largest absolute Gasteiger partial charge is 0.487 e. The van der Waals surface area contributed by atoms with Gasteiger partial charge in [-0.2, -0.15) is 0 Å². The number of amides is 1. The minimum atomic E-state index is -3.15. The van der Waals surface area contributed by atoms with E-state index in [1.165, 1.54) is 21.9 Å². The zero-order valence-corrected chi connectivity index (χ0v) is 20.2. The van der Waals surface area contributed by atoms with Gasteiger partial charge in [0.2, 0.25) is 10.0 Å². The highest BCUT2D eigenvalue weighted by molar-refractivity contribution is 7.88. The summed E-state index contributed by atoms with van der Waals surface area (Å²) in [5, 5.41) is 3.05. The van der Waals surface area contributed by atoms with E-state index in [0.29, 0.717) is 36.9 Å². The number of thiophene rings is 1. The topological polar surface area (TPSA) is 75.7 Å². The first-order chi connectivity index (χ1) is 15.9. The van der Waals surface area contributed by atoms with Crippen LogP contribution >= 0.6 is 11.3 Å². The number of benzene rings is 2. The normalized spacial score (nSPS) is 15.3. The van der Waals surface area contributed by atoms with Crippen LogP contribution in [0.2, 0.25) is 0 Å². The van der Waals surface area contributed by atoms with E-state index in [1.54, 1.807) is 0 Å². The quantitative estimate of drug-likeness (QED) is 0.514. The summed E-state index contributed by atoms with van der Waals surface area (Å²) in [6.45, 7) is 1.91. The Kier molecular flexibility index (Phi) is 7.47. The van der Waals surface area contributed by atoms with Gasteiger partial charge >= 0.3 is 0 Å². The van der Waals surface area contributed by atoms with Crippen LogP contribution in [-0.4, -0.2) is 44.5 Å². The molecule has 0 unspecified atom stereocenters. The Morgan fingerprint density at radius 2 is 1.70 bits per heavy atom. The van der Waals surface area contributed by atoms with Gasteiger partial charge in [-0.05, 0) is 36.0 Å². The van der Waals surface area contributed by atoms with Gasteiger partial charge < -0.3 is 10.1 Å². The first-order valence-corrected chi connectivity index (χ1v) is 13.7. The lowest BCUT2D eigenvalue weighted by Crippen LogP contribution is -2.41. The number of nitrogens with one attached hydrogen (secondary N) is 1. The summed E-state index contributed by atoms with van der Waals surface area (Å²) in [6, 6.07) is 21.8. The van der Waals surface area contributed by atoms with E-state index in [4.69, 9.17) is 4.74 Å². The van der Waals surface area contributed by atoms with Crippen molar-refractivity contribution in [2.75, 3.05) is 25.9 Å². The molecule has 2 aromatic carbocycles. The van der Waals surface area contributed by atoms with Crippen molar-refractivity contribution in [3.8, 4) is 16.2 Å². The highest BCUT2D eigenvalue weighted by atomic mass is 32.2. The second-order valence-electron chi connectivity index (χ2n) is 8.26. The molecule has 0 saturated carbocycles. The predicted octanol–water partition coefficient (Wildman–Crippen LogP) is 4.40. The molecule has 2 heterocycles. The first kappa shape index (κ1) is 23.5. The Hall–Kier alpha value is -2.68. The van der Waals surface area contributed by atoms with Crippen LogP contribution in [0.5, 0.6) is 5.75 Å². The molecule has 6 nitrogen and oxygen atoms in total. The number of carbonyl (C=O) groups is 1. The molecular formula is C25H28N2O4S2. The molecule has 33 heavy (non-hydrogen) atoms. The van der Waals surface area contributed by atoms with Crippen molar-refractivity contribution in [2.24, 2.45) is 5.92 Å². The molecule has 1 fully saturated rings. The average Bonchev–Trinajstić information content (AvgIpc) is 3.27. The Labute approximate surface area is 199 Å². The molecule has 4 rings (SSSR count). The Balaban J connectivity index is 1.44. The number of piperidine rings is 1. The maximum atomic E-state index is 13.1. The molecule has 0 atom stereocenters. The molecule has 1 amide bonds. The van der Waals surface area contributed by atoms with Crippen molar-refractivity contribution < 1.29 is 17.9 Å². The fourth-order valence-corrected chi connectivity index (χ4v) is 5.78. The molecule has 8 heteroatoms. The van der Waals surface area contributed by atoms with Crippen LogP contribution in [0.4, 0.5) is 0 Å². The average molecular weight is 485 g/mol. The third kappa shape index (κ3) is 6.22. The summed E-state index contributed by atoms with van der Waals surface area (Å²) in [5.41, 5.74) is 2.08. The number of sulfonamides is 1. The fourth-order valence-electron chi connectivity index (χ4n) is 3.88. The van der Waals surface area contributed by atoms with Gasteiger partial charge in [0.1, 0.15) is 17.2 Å². The van der Waals surface area contributed by atoms with Gasteiger partial charge in [0, 0.05) is 24.5 Å². The second-order valence-corrected chi connectivity index (χ2v) is 11.3. The van der Waals surface area contributed by atoms with Crippen LogP contribution in [0.25, 0.3) is 10.4 Å². The second kappa shape index (κ2) is 10.5. The smallest absolute Gasteiger partial charge is 0.265 e. The monoisotopic (exact) mass is 484 g/mol. The molecule has 0 radical (unpaired) electrons. The molecule has 0 aliphatic carbocycles.